The van der Waals surface area contributed by atoms with Gasteiger partial charge in [0.2, 0.25) is 0 Å². The maximum Gasteiger partial charge on any atom is 0.0353 e. The van der Waals surface area contributed by atoms with Gasteiger partial charge < -0.3 is 10.6 Å². The van der Waals surface area contributed by atoms with Crippen LogP contribution >= 0.6 is 0 Å². The Labute approximate surface area is 122 Å². The van der Waals surface area contributed by atoms with Gasteiger partial charge in [-0.3, -0.25) is 4.90 Å². The van der Waals surface area contributed by atoms with Gasteiger partial charge in [0.1, 0.15) is 0 Å². The van der Waals surface area contributed by atoms with Gasteiger partial charge in [-0.2, -0.15) is 0 Å². The summed E-state index contributed by atoms with van der Waals surface area (Å²) in [5.41, 5.74) is 9.79. The minimum atomic E-state index is 0.601. The minimum absolute atomic E-state index is 0.601. The molecule has 1 atom stereocenters. The fourth-order valence-electron chi connectivity index (χ4n) is 3.94. The zero-order chi connectivity index (χ0) is 14.1. The Kier molecular flexibility index (Phi) is 3.99. The number of nitrogens with two attached hydrogens (primary N) is 1. The molecule has 20 heavy (non-hydrogen) atoms. The molecule has 1 heterocycles. The van der Waals surface area contributed by atoms with Gasteiger partial charge in [-0.25, -0.2) is 0 Å². The van der Waals surface area contributed by atoms with Crippen LogP contribution in [0.2, 0.25) is 0 Å². The van der Waals surface area contributed by atoms with Gasteiger partial charge in [-0.15, -0.1) is 0 Å². The average molecular weight is 273 g/mol. The van der Waals surface area contributed by atoms with E-state index in [4.69, 9.17) is 5.73 Å². The van der Waals surface area contributed by atoms with Crippen LogP contribution in [0.4, 0.5) is 5.69 Å². The second kappa shape index (κ2) is 5.74. The number of hydrogen-bond acceptors (Lipinski definition) is 3. The molecule has 1 fully saturated rings. The summed E-state index contributed by atoms with van der Waals surface area (Å²) in [6.07, 6.45) is 5.06. The van der Waals surface area contributed by atoms with E-state index in [1.165, 1.54) is 56.4 Å². The van der Waals surface area contributed by atoms with Crippen molar-refractivity contribution in [2.45, 2.75) is 44.7 Å². The number of likely N-dealkylation sites (tertiary alicyclic amines) is 1. The first-order valence-corrected chi connectivity index (χ1v) is 8.01. The zero-order valence-electron chi connectivity index (χ0n) is 12.8. The quantitative estimate of drug-likeness (QED) is 0.859. The highest BCUT2D eigenvalue weighted by Crippen LogP contribution is 2.38. The van der Waals surface area contributed by atoms with Crippen molar-refractivity contribution in [1.29, 1.82) is 0 Å². The van der Waals surface area contributed by atoms with Crippen LogP contribution in [0.5, 0.6) is 0 Å². The Morgan fingerprint density at radius 1 is 1.25 bits per heavy atom. The molecule has 1 aliphatic carbocycles. The molecular weight excluding hydrogens is 246 g/mol. The molecule has 2 aliphatic rings. The number of benzene rings is 1. The monoisotopic (exact) mass is 273 g/mol. The lowest BCUT2D eigenvalue weighted by molar-refractivity contribution is 0.0984. The maximum absolute atomic E-state index is 5.91. The second-order valence-corrected chi connectivity index (χ2v) is 6.34. The summed E-state index contributed by atoms with van der Waals surface area (Å²) in [6.45, 7) is 5.98. The van der Waals surface area contributed by atoms with Gasteiger partial charge >= 0.3 is 0 Å². The predicted molar refractivity (Wildman–Crippen MR) is 84.8 cm³/mol. The third-order valence-electron chi connectivity index (χ3n) is 5.29. The van der Waals surface area contributed by atoms with Crippen LogP contribution < -0.4 is 5.73 Å². The minimum Gasteiger partial charge on any atom is -0.399 e. The number of anilines is 1. The number of rotatable bonds is 3. The fraction of sp³-hybridized carbons (Fsp3) is 0.647. The van der Waals surface area contributed by atoms with Gasteiger partial charge in [0, 0.05) is 17.8 Å². The van der Waals surface area contributed by atoms with E-state index < -0.39 is 0 Å². The van der Waals surface area contributed by atoms with E-state index in [9.17, 15) is 0 Å². The highest BCUT2D eigenvalue weighted by Gasteiger charge is 2.31. The highest BCUT2D eigenvalue weighted by atomic mass is 15.2. The predicted octanol–water partition coefficient (Wildman–Crippen LogP) is 2.67. The van der Waals surface area contributed by atoms with E-state index in [0.717, 1.165) is 11.7 Å². The Bertz CT molecular complexity index is 463. The summed E-state index contributed by atoms with van der Waals surface area (Å²) in [4.78, 5) is 5.20. The SMILES string of the molecule is CCN1CCC(N(C)C2CCc3cc(N)ccc32)CC1. The molecule has 3 nitrogen and oxygen atoms in total. The topological polar surface area (TPSA) is 32.5 Å². The van der Waals surface area contributed by atoms with Crippen LogP contribution in [0.3, 0.4) is 0 Å². The van der Waals surface area contributed by atoms with E-state index >= 15 is 0 Å². The molecule has 1 unspecified atom stereocenters. The Morgan fingerprint density at radius 3 is 2.70 bits per heavy atom. The number of nitrogen functional groups attached to an aromatic ring is 1. The summed E-state index contributed by atoms with van der Waals surface area (Å²) in [7, 11) is 2.32. The molecule has 1 aromatic rings. The van der Waals surface area contributed by atoms with Crippen molar-refractivity contribution in [2.24, 2.45) is 0 Å². The molecule has 1 aliphatic heterocycles. The first kappa shape index (κ1) is 13.9. The number of nitrogens with zero attached hydrogens (tertiary/aromatic N) is 2. The lowest BCUT2D eigenvalue weighted by Crippen LogP contribution is -2.44. The third kappa shape index (κ3) is 2.57. The highest BCUT2D eigenvalue weighted by molar-refractivity contribution is 5.47. The smallest absolute Gasteiger partial charge is 0.0353 e. The van der Waals surface area contributed by atoms with Crippen molar-refractivity contribution in [1.82, 2.24) is 9.80 Å². The molecule has 3 heteroatoms. The third-order valence-corrected chi connectivity index (χ3v) is 5.29. The van der Waals surface area contributed by atoms with Crippen molar-refractivity contribution in [2.75, 3.05) is 32.4 Å². The van der Waals surface area contributed by atoms with Crippen LogP contribution in [0.25, 0.3) is 0 Å². The molecule has 1 saturated heterocycles. The molecule has 0 aromatic heterocycles. The normalized spacial score (nSPS) is 24.2. The number of fused-ring (bicyclic) bond motifs is 1. The number of aryl methyl sites for hydroxylation is 1. The molecule has 0 radical (unpaired) electrons. The van der Waals surface area contributed by atoms with Crippen LogP contribution in [0.15, 0.2) is 18.2 Å². The first-order valence-electron chi connectivity index (χ1n) is 8.01. The van der Waals surface area contributed by atoms with E-state index in [2.05, 4.69) is 42.0 Å². The molecular formula is C17H27N3. The van der Waals surface area contributed by atoms with Gasteiger partial charge in [0.25, 0.3) is 0 Å². The van der Waals surface area contributed by atoms with E-state index in [-0.39, 0.29) is 0 Å². The van der Waals surface area contributed by atoms with Gasteiger partial charge in [-0.1, -0.05) is 13.0 Å². The lowest BCUT2D eigenvalue weighted by Gasteiger charge is -2.39. The van der Waals surface area contributed by atoms with Crippen molar-refractivity contribution < 1.29 is 0 Å². The summed E-state index contributed by atoms with van der Waals surface area (Å²) >= 11 is 0. The first-order chi connectivity index (χ1) is 9.69. The summed E-state index contributed by atoms with van der Waals surface area (Å²) in [5.74, 6) is 0. The van der Waals surface area contributed by atoms with E-state index in [0.29, 0.717) is 6.04 Å². The second-order valence-electron chi connectivity index (χ2n) is 6.34. The molecule has 0 amide bonds. The molecule has 0 bridgehead atoms. The van der Waals surface area contributed by atoms with Gasteiger partial charge in [0.15, 0.2) is 0 Å². The zero-order valence-corrected chi connectivity index (χ0v) is 12.8. The van der Waals surface area contributed by atoms with Crippen LogP contribution in [0, 0.1) is 0 Å². The van der Waals surface area contributed by atoms with Crippen molar-refractivity contribution >= 4 is 5.69 Å². The molecule has 0 spiro atoms. The summed E-state index contributed by atoms with van der Waals surface area (Å²) in [6, 6.07) is 7.82. The summed E-state index contributed by atoms with van der Waals surface area (Å²) < 4.78 is 0. The molecule has 1 aromatic carbocycles. The molecule has 110 valence electrons. The fourth-order valence-corrected chi connectivity index (χ4v) is 3.94. The van der Waals surface area contributed by atoms with Crippen LogP contribution in [-0.2, 0) is 6.42 Å². The van der Waals surface area contributed by atoms with E-state index in [1.807, 2.05) is 0 Å². The lowest BCUT2D eigenvalue weighted by atomic mass is 9.99. The molecule has 0 saturated carbocycles. The van der Waals surface area contributed by atoms with Gasteiger partial charge in [-0.05, 0) is 75.6 Å². The number of hydrogen-bond donors (Lipinski definition) is 1. The largest absolute Gasteiger partial charge is 0.399 e. The van der Waals surface area contributed by atoms with Crippen LogP contribution in [-0.4, -0.2) is 42.5 Å². The summed E-state index contributed by atoms with van der Waals surface area (Å²) in [5, 5.41) is 0. The standard InChI is InChI=1S/C17H27N3/c1-3-20-10-8-15(9-11-20)19(2)17-7-4-13-12-14(18)5-6-16(13)17/h5-6,12,15,17H,3-4,7-11,18H2,1-2H3. The van der Waals surface area contributed by atoms with Gasteiger partial charge in [0.05, 0.1) is 0 Å². The molecule has 2 N–H and O–H groups in total. The molecule has 3 rings (SSSR count). The Hall–Kier alpha value is -1.06. The van der Waals surface area contributed by atoms with Crippen molar-refractivity contribution in [3.8, 4) is 0 Å². The number of piperidine rings is 1. The van der Waals surface area contributed by atoms with Crippen LogP contribution in [0.1, 0.15) is 43.4 Å². The van der Waals surface area contributed by atoms with E-state index in [1.54, 1.807) is 0 Å². The maximum atomic E-state index is 5.91. The Morgan fingerprint density at radius 2 is 2.00 bits per heavy atom. The Balaban J connectivity index is 1.69. The van der Waals surface area contributed by atoms with Crippen molar-refractivity contribution in [3.63, 3.8) is 0 Å². The van der Waals surface area contributed by atoms with Crippen molar-refractivity contribution in [3.05, 3.63) is 29.3 Å². The average Bonchev–Trinajstić information content (AvgIpc) is 2.89.